The van der Waals surface area contributed by atoms with Crippen molar-refractivity contribution in [2.45, 2.75) is 26.3 Å². The summed E-state index contributed by atoms with van der Waals surface area (Å²) in [7, 11) is 0. The minimum absolute atomic E-state index is 0.0131. The van der Waals surface area contributed by atoms with Crippen LogP contribution in [0.3, 0.4) is 0 Å². The summed E-state index contributed by atoms with van der Waals surface area (Å²) in [6, 6.07) is 11.8. The molecule has 6 nitrogen and oxygen atoms in total. The third-order valence-corrected chi connectivity index (χ3v) is 6.54. The van der Waals surface area contributed by atoms with E-state index in [0.717, 1.165) is 22.1 Å². The second-order valence-corrected chi connectivity index (χ2v) is 8.82. The Labute approximate surface area is 189 Å². The Bertz CT molecular complexity index is 1070. The molecular formula is C22H23ClFN5OS. The van der Waals surface area contributed by atoms with Crippen molar-refractivity contribution >= 4 is 40.0 Å². The molecule has 1 N–H and O–H groups in total. The average molecular weight is 460 g/mol. The largest absolute Gasteiger partial charge is 0.343 e. The van der Waals surface area contributed by atoms with Gasteiger partial charge in [0.2, 0.25) is 5.13 Å². The lowest BCUT2D eigenvalue weighted by molar-refractivity contribution is 0.185. The predicted octanol–water partition coefficient (Wildman–Crippen LogP) is 4.97. The summed E-state index contributed by atoms with van der Waals surface area (Å²) >= 11 is 7.51. The van der Waals surface area contributed by atoms with Crippen molar-refractivity contribution in [1.29, 1.82) is 0 Å². The first-order valence-corrected chi connectivity index (χ1v) is 11.2. The Hall–Kier alpha value is -2.71. The standard InChI is InChI=1S/C22H23ClFN5OS/c1-14-3-8-18(12-19(14)23)25-21(30)29-10-9-28(13-15(29)2)22-26-20(27-31-22)11-16-4-6-17(24)7-5-16/h3-8,12,15H,9-11,13H2,1-2H3,(H,25,30). The van der Waals surface area contributed by atoms with Gasteiger partial charge in [-0.05, 0) is 49.2 Å². The van der Waals surface area contributed by atoms with Crippen LogP contribution in [0.15, 0.2) is 42.5 Å². The molecule has 1 fully saturated rings. The van der Waals surface area contributed by atoms with Gasteiger partial charge < -0.3 is 15.1 Å². The summed E-state index contributed by atoms with van der Waals surface area (Å²) < 4.78 is 17.5. The van der Waals surface area contributed by atoms with E-state index in [2.05, 4.69) is 19.6 Å². The Morgan fingerprint density at radius 1 is 1.26 bits per heavy atom. The van der Waals surface area contributed by atoms with E-state index in [9.17, 15) is 9.18 Å². The van der Waals surface area contributed by atoms with Crippen LogP contribution in [0, 0.1) is 12.7 Å². The number of aryl methyl sites for hydroxylation is 1. The van der Waals surface area contributed by atoms with Gasteiger partial charge in [-0.2, -0.15) is 4.37 Å². The Kier molecular flexibility index (Phi) is 6.38. The number of anilines is 2. The number of hydrogen-bond donors (Lipinski definition) is 1. The Morgan fingerprint density at radius 2 is 2.03 bits per heavy atom. The minimum Gasteiger partial charge on any atom is -0.343 e. The molecule has 1 saturated heterocycles. The molecule has 2 amide bonds. The Morgan fingerprint density at radius 3 is 2.74 bits per heavy atom. The zero-order chi connectivity index (χ0) is 22.0. The highest BCUT2D eigenvalue weighted by Gasteiger charge is 2.29. The molecule has 0 bridgehead atoms. The average Bonchev–Trinajstić information content (AvgIpc) is 3.21. The molecule has 0 radical (unpaired) electrons. The summed E-state index contributed by atoms with van der Waals surface area (Å²) in [6.07, 6.45) is 0.563. The van der Waals surface area contributed by atoms with Gasteiger partial charge in [-0.25, -0.2) is 14.2 Å². The fraction of sp³-hybridized carbons (Fsp3) is 0.318. The summed E-state index contributed by atoms with van der Waals surface area (Å²) in [6.45, 7) is 5.88. The molecule has 0 aliphatic carbocycles. The molecular weight excluding hydrogens is 437 g/mol. The quantitative estimate of drug-likeness (QED) is 0.598. The van der Waals surface area contributed by atoms with Crippen LogP contribution in [0.4, 0.5) is 20.0 Å². The van der Waals surface area contributed by atoms with Gasteiger partial charge >= 0.3 is 6.03 Å². The van der Waals surface area contributed by atoms with Gasteiger partial charge in [-0.1, -0.05) is 29.8 Å². The summed E-state index contributed by atoms with van der Waals surface area (Å²) in [4.78, 5) is 21.4. The first-order valence-electron chi connectivity index (χ1n) is 10.0. The van der Waals surface area contributed by atoms with Crippen LogP contribution in [-0.2, 0) is 6.42 Å². The van der Waals surface area contributed by atoms with Gasteiger partial charge in [-0.3, -0.25) is 0 Å². The van der Waals surface area contributed by atoms with Crippen LogP contribution >= 0.6 is 23.1 Å². The first kappa shape index (κ1) is 21.5. The van der Waals surface area contributed by atoms with Crippen molar-refractivity contribution in [3.63, 3.8) is 0 Å². The molecule has 3 aromatic rings. The molecule has 4 rings (SSSR count). The van der Waals surface area contributed by atoms with E-state index < -0.39 is 0 Å². The van der Waals surface area contributed by atoms with E-state index in [4.69, 9.17) is 11.6 Å². The van der Waals surface area contributed by atoms with Crippen molar-refractivity contribution < 1.29 is 9.18 Å². The zero-order valence-corrected chi connectivity index (χ0v) is 18.9. The third-order valence-electron chi connectivity index (χ3n) is 5.31. The van der Waals surface area contributed by atoms with Gasteiger partial charge in [0.15, 0.2) is 0 Å². The second-order valence-electron chi connectivity index (χ2n) is 7.68. The lowest BCUT2D eigenvalue weighted by Crippen LogP contribution is -2.55. The highest BCUT2D eigenvalue weighted by Crippen LogP contribution is 2.24. The molecule has 1 aliphatic heterocycles. The normalized spacial score (nSPS) is 16.5. The number of carbonyl (C=O) groups excluding carboxylic acids is 1. The van der Waals surface area contributed by atoms with Crippen LogP contribution in [0.1, 0.15) is 23.9 Å². The first-order chi connectivity index (χ1) is 14.9. The highest BCUT2D eigenvalue weighted by atomic mass is 35.5. The maximum absolute atomic E-state index is 13.1. The maximum Gasteiger partial charge on any atom is 0.322 e. The van der Waals surface area contributed by atoms with E-state index in [-0.39, 0.29) is 17.9 Å². The number of urea groups is 1. The number of hydrogen-bond acceptors (Lipinski definition) is 5. The molecule has 1 unspecified atom stereocenters. The highest BCUT2D eigenvalue weighted by molar-refractivity contribution is 7.09. The molecule has 9 heteroatoms. The lowest BCUT2D eigenvalue weighted by Gasteiger charge is -2.39. The maximum atomic E-state index is 13.1. The van der Waals surface area contributed by atoms with Crippen molar-refractivity contribution in [3.8, 4) is 0 Å². The molecule has 0 spiro atoms. The third kappa shape index (κ3) is 5.14. The SMILES string of the molecule is Cc1ccc(NC(=O)N2CCN(c3nc(Cc4ccc(F)cc4)ns3)CC2C)cc1Cl. The molecule has 0 saturated carbocycles. The fourth-order valence-electron chi connectivity index (χ4n) is 3.53. The fourth-order valence-corrected chi connectivity index (χ4v) is 4.43. The smallest absolute Gasteiger partial charge is 0.322 e. The molecule has 1 aliphatic rings. The van der Waals surface area contributed by atoms with Gasteiger partial charge in [0.25, 0.3) is 0 Å². The van der Waals surface area contributed by atoms with Crippen LogP contribution in [0.25, 0.3) is 0 Å². The molecule has 31 heavy (non-hydrogen) atoms. The molecule has 2 heterocycles. The Balaban J connectivity index is 1.35. The molecule has 1 aromatic heterocycles. The monoisotopic (exact) mass is 459 g/mol. The number of aromatic nitrogens is 2. The molecule has 1 atom stereocenters. The van der Waals surface area contributed by atoms with Gasteiger partial charge in [0.1, 0.15) is 11.6 Å². The second kappa shape index (κ2) is 9.20. The van der Waals surface area contributed by atoms with E-state index in [0.29, 0.717) is 36.8 Å². The van der Waals surface area contributed by atoms with Gasteiger partial charge in [0, 0.05) is 54.3 Å². The topological polar surface area (TPSA) is 61.4 Å². The van der Waals surface area contributed by atoms with Crippen LogP contribution in [-0.4, -0.2) is 46.0 Å². The van der Waals surface area contributed by atoms with Gasteiger partial charge in [-0.15, -0.1) is 0 Å². The van der Waals surface area contributed by atoms with Crippen molar-refractivity contribution in [3.05, 3.63) is 70.3 Å². The number of rotatable bonds is 4. The number of nitrogens with zero attached hydrogens (tertiary/aromatic N) is 4. The van der Waals surface area contributed by atoms with E-state index >= 15 is 0 Å². The lowest BCUT2D eigenvalue weighted by atomic mass is 10.1. The van der Waals surface area contributed by atoms with Crippen molar-refractivity contribution in [1.82, 2.24) is 14.3 Å². The minimum atomic E-state index is -0.253. The summed E-state index contributed by atoms with van der Waals surface area (Å²) in [5.74, 6) is 0.465. The van der Waals surface area contributed by atoms with Crippen LogP contribution in [0.2, 0.25) is 5.02 Å². The number of carbonyl (C=O) groups is 1. The van der Waals surface area contributed by atoms with E-state index in [1.165, 1.54) is 23.7 Å². The van der Waals surface area contributed by atoms with E-state index in [1.807, 2.05) is 30.9 Å². The van der Waals surface area contributed by atoms with Crippen LogP contribution in [0.5, 0.6) is 0 Å². The zero-order valence-electron chi connectivity index (χ0n) is 17.3. The summed E-state index contributed by atoms with van der Waals surface area (Å²) in [5, 5.41) is 4.40. The van der Waals surface area contributed by atoms with Gasteiger partial charge in [0.05, 0.1) is 0 Å². The van der Waals surface area contributed by atoms with E-state index in [1.54, 1.807) is 18.2 Å². The number of nitrogens with one attached hydrogen (secondary N) is 1. The number of benzene rings is 2. The molecule has 2 aromatic carbocycles. The van der Waals surface area contributed by atoms with Crippen molar-refractivity contribution in [2.75, 3.05) is 29.9 Å². The predicted molar refractivity (Wildman–Crippen MR) is 123 cm³/mol. The number of halogens is 2. The number of amides is 2. The van der Waals surface area contributed by atoms with Crippen molar-refractivity contribution in [2.24, 2.45) is 0 Å². The van der Waals surface area contributed by atoms with Crippen LogP contribution < -0.4 is 10.2 Å². The molecule has 162 valence electrons. The number of piperazine rings is 1. The summed E-state index contributed by atoms with van der Waals surface area (Å²) in [5.41, 5.74) is 2.62.